The number of nitrogens with zero attached hydrogens (tertiary/aromatic N) is 2. The molecule has 2 atom stereocenters. The Balaban J connectivity index is 1.72. The molecule has 27 heavy (non-hydrogen) atoms. The summed E-state index contributed by atoms with van der Waals surface area (Å²) in [5, 5.41) is 0. The van der Waals surface area contributed by atoms with E-state index in [1.165, 1.54) is 14.2 Å². The smallest absolute Gasteiger partial charge is 0.323 e. The lowest BCUT2D eigenvalue weighted by Gasteiger charge is -2.25. The van der Waals surface area contributed by atoms with Crippen LogP contribution in [0.5, 0.6) is 0 Å². The minimum atomic E-state index is -0.159. The van der Waals surface area contributed by atoms with Gasteiger partial charge in [-0.1, -0.05) is 34.1 Å². The van der Waals surface area contributed by atoms with Gasteiger partial charge in [0.1, 0.15) is 12.1 Å². The molecule has 0 spiro atoms. The quantitative estimate of drug-likeness (QED) is 0.636. The van der Waals surface area contributed by atoms with Gasteiger partial charge in [-0.05, 0) is 49.9 Å². The molecule has 2 aliphatic heterocycles. The van der Waals surface area contributed by atoms with E-state index >= 15 is 0 Å². The molecule has 2 saturated heterocycles. The number of likely N-dealkylation sites (tertiary alicyclic amines) is 2. The van der Waals surface area contributed by atoms with Crippen LogP contribution in [0.15, 0.2) is 22.7 Å². The fourth-order valence-corrected chi connectivity index (χ4v) is 4.67. The van der Waals surface area contributed by atoms with Crippen LogP contribution in [0, 0.1) is 0 Å². The molecule has 0 bridgehead atoms. The normalized spacial score (nSPS) is 23.5. The first kappa shape index (κ1) is 20.3. The third-order valence-electron chi connectivity index (χ3n) is 5.58. The van der Waals surface area contributed by atoms with E-state index < -0.39 is 0 Å². The molecule has 0 radical (unpaired) electrons. The largest absolute Gasteiger partial charge is 0.468 e. The number of carbonyl (C=O) groups excluding carboxylic acids is 2. The van der Waals surface area contributed by atoms with Crippen LogP contribution in [0.1, 0.15) is 36.8 Å². The van der Waals surface area contributed by atoms with Crippen molar-refractivity contribution in [2.75, 3.05) is 27.3 Å². The van der Waals surface area contributed by atoms with Crippen LogP contribution in [-0.2, 0) is 32.2 Å². The Kier molecular flexibility index (Phi) is 6.89. The van der Waals surface area contributed by atoms with Crippen LogP contribution in [-0.4, -0.2) is 61.1 Å². The van der Waals surface area contributed by atoms with Gasteiger partial charge in [-0.2, -0.15) is 0 Å². The van der Waals surface area contributed by atoms with E-state index in [9.17, 15) is 9.59 Å². The van der Waals surface area contributed by atoms with Crippen molar-refractivity contribution in [3.63, 3.8) is 0 Å². The van der Waals surface area contributed by atoms with Crippen molar-refractivity contribution >= 4 is 27.9 Å². The van der Waals surface area contributed by atoms with Gasteiger partial charge in [0, 0.05) is 17.6 Å². The molecule has 0 unspecified atom stereocenters. The number of rotatable bonds is 6. The number of hydrogen-bond donors (Lipinski definition) is 0. The van der Waals surface area contributed by atoms with E-state index in [-0.39, 0.29) is 24.0 Å². The van der Waals surface area contributed by atoms with Crippen molar-refractivity contribution in [3.05, 3.63) is 33.8 Å². The van der Waals surface area contributed by atoms with Crippen molar-refractivity contribution in [2.24, 2.45) is 0 Å². The van der Waals surface area contributed by atoms with E-state index in [0.29, 0.717) is 13.1 Å². The van der Waals surface area contributed by atoms with Crippen LogP contribution < -0.4 is 0 Å². The Bertz CT molecular complexity index is 642. The van der Waals surface area contributed by atoms with Crippen LogP contribution in [0.25, 0.3) is 0 Å². The molecule has 1 aromatic rings. The Morgan fingerprint density at radius 1 is 0.963 bits per heavy atom. The van der Waals surface area contributed by atoms with Gasteiger partial charge in [0.25, 0.3) is 0 Å². The summed E-state index contributed by atoms with van der Waals surface area (Å²) < 4.78 is 10.9. The molecular formula is C20H27BrN2O4. The second kappa shape index (κ2) is 9.17. The van der Waals surface area contributed by atoms with E-state index in [1.54, 1.807) is 0 Å². The van der Waals surface area contributed by atoms with Gasteiger partial charge in [0.05, 0.1) is 14.2 Å². The lowest BCUT2D eigenvalue weighted by Crippen LogP contribution is -2.37. The molecular weight excluding hydrogens is 412 g/mol. The monoisotopic (exact) mass is 438 g/mol. The van der Waals surface area contributed by atoms with Crippen LogP contribution >= 0.6 is 15.9 Å². The molecule has 3 rings (SSSR count). The van der Waals surface area contributed by atoms with Crippen molar-refractivity contribution in [2.45, 2.75) is 50.9 Å². The number of benzene rings is 1. The SMILES string of the molecule is COC(=O)[C@@H]1CCCN1Cc1cccc(CN2CCC[C@H]2C(=O)OC)c1Br. The van der Waals surface area contributed by atoms with Gasteiger partial charge in [-0.3, -0.25) is 19.4 Å². The van der Waals surface area contributed by atoms with Crippen molar-refractivity contribution in [3.8, 4) is 0 Å². The van der Waals surface area contributed by atoms with Crippen molar-refractivity contribution in [1.29, 1.82) is 0 Å². The first-order valence-corrected chi connectivity index (χ1v) is 10.2. The van der Waals surface area contributed by atoms with Gasteiger partial charge in [-0.15, -0.1) is 0 Å². The molecule has 0 N–H and O–H groups in total. The number of esters is 2. The Morgan fingerprint density at radius 3 is 1.81 bits per heavy atom. The zero-order chi connectivity index (χ0) is 19.4. The minimum Gasteiger partial charge on any atom is -0.468 e. The number of halogens is 1. The molecule has 1 aromatic carbocycles. The molecule has 6 nitrogen and oxygen atoms in total. The van der Waals surface area contributed by atoms with E-state index in [4.69, 9.17) is 9.47 Å². The second-order valence-electron chi connectivity index (χ2n) is 7.19. The maximum atomic E-state index is 12.0. The summed E-state index contributed by atoms with van der Waals surface area (Å²) in [6.45, 7) is 3.20. The average molecular weight is 439 g/mol. The minimum absolute atomic E-state index is 0.155. The first-order chi connectivity index (χ1) is 13.0. The number of hydrogen-bond acceptors (Lipinski definition) is 6. The molecule has 0 amide bonds. The molecule has 7 heteroatoms. The van der Waals surface area contributed by atoms with Gasteiger partial charge >= 0.3 is 11.9 Å². The predicted octanol–water partition coefficient (Wildman–Crippen LogP) is 2.72. The summed E-state index contributed by atoms with van der Waals surface area (Å²) in [4.78, 5) is 28.4. The highest BCUT2D eigenvalue weighted by atomic mass is 79.9. The van der Waals surface area contributed by atoms with Gasteiger partial charge < -0.3 is 9.47 Å². The summed E-state index contributed by atoms with van der Waals surface area (Å²) in [6, 6.07) is 5.90. The van der Waals surface area contributed by atoms with Crippen molar-refractivity contribution < 1.29 is 19.1 Å². The van der Waals surface area contributed by atoms with Crippen LogP contribution in [0.3, 0.4) is 0 Å². The summed E-state index contributed by atoms with van der Waals surface area (Å²) in [5.74, 6) is -0.310. The zero-order valence-corrected chi connectivity index (χ0v) is 17.5. The maximum absolute atomic E-state index is 12.0. The third kappa shape index (κ3) is 4.52. The lowest BCUT2D eigenvalue weighted by molar-refractivity contribution is -0.146. The van der Waals surface area contributed by atoms with Gasteiger partial charge in [0.2, 0.25) is 0 Å². The number of methoxy groups -OCH3 is 2. The highest BCUT2D eigenvalue weighted by Gasteiger charge is 2.33. The van der Waals surface area contributed by atoms with Crippen molar-refractivity contribution in [1.82, 2.24) is 9.80 Å². The Hall–Kier alpha value is -1.44. The number of ether oxygens (including phenoxy) is 2. The third-order valence-corrected chi connectivity index (χ3v) is 6.60. The summed E-state index contributed by atoms with van der Waals surface area (Å²) in [7, 11) is 2.90. The van der Waals surface area contributed by atoms with Crippen LogP contribution in [0.4, 0.5) is 0 Å². The first-order valence-electron chi connectivity index (χ1n) is 9.45. The van der Waals surface area contributed by atoms with E-state index in [0.717, 1.165) is 54.4 Å². The average Bonchev–Trinajstić information content (AvgIpc) is 3.33. The topological polar surface area (TPSA) is 59.1 Å². The zero-order valence-electron chi connectivity index (χ0n) is 15.9. The summed E-state index contributed by atoms with van der Waals surface area (Å²) in [6.07, 6.45) is 3.70. The maximum Gasteiger partial charge on any atom is 0.323 e. The standard InChI is InChI=1S/C20H27BrN2O4/c1-26-19(24)16-8-4-10-22(16)12-14-6-3-7-15(18(14)21)13-23-11-5-9-17(23)20(25)27-2/h3,6-7,16-17H,4-5,8-13H2,1-2H3/t16-,17-/m0/s1. The molecule has 0 saturated carbocycles. The van der Waals surface area contributed by atoms with E-state index in [2.05, 4.69) is 37.9 Å². The molecule has 2 heterocycles. The molecule has 0 aliphatic carbocycles. The predicted molar refractivity (Wildman–Crippen MR) is 105 cm³/mol. The Labute approximate surface area is 168 Å². The lowest BCUT2D eigenvalue weighted by atomic mass is 10.1. The number of carbonyl (C=O) groups is 2. The Morgan fingerprint density at radius 2 is 1.41 bits per heavy atom. The fraction of sp³-hybridized carbons (Fsp3) is 0.600. The highest BCUT2D eigenvalue weighted by Crippen LogP contribution is 2.30. The van der Waals surface area contributed by atoms with Gasteiger partial charge in [-0.25, -0.2) is 0 Å². The van der Waals surface area contributed by atoms with Gasteiger partial charge in [0.15, 0.2) is 0 Å². The summed E-state index contributed by atoms with van der Waals surface area (Å²) in [5.41, 5.74) is 2.30. The molecule has 0 aromatic heterocycles. The molecule has 148 valence electrons. The summed E-state index contributed by atoms with van der Waals surface area (Å²) >= 11 is 3.76. The second-order valence-corrected chi connectivity index (χ2v) is 7.99. The molecule has 2 fully saturated rings. The van der Waals surface area contributed by atoms with Crippen LogP contribution in [0.2, 0.25) is 0 Å². The fourth-order valence-electron chi connectivity index (χ4n) is 4.15. The van der Waals surface area contributed by atoms with E-state index in [1.807, 2.05) is 6.07 Å². The highest BCUT2D eigenvalue weighted by molar-refractivity contribution is 9.10. The molecule has 2 aliphatic rings.